The van der Waals surface area contributed by atoms with Gasteiger partial charge in [-0.2, -0.15) is 0 Å². The fraction of sp³-hybridized carbons (Fsp3) is 0.333. The first-order valence-corrected chi connectivity index (χ1v) is 9.15. The van der Waals surface area contributed by atoms with E-state index in [1.54, 1.807) is 29.5 Å². The Hall–Kier alpha value is -1.21. The van der Waals surface area contributed by atoms with Gasteiger partial charge in [0.15, 0.2) is 0 Å². The Bertz CT molecular complexity index is 706. The number of hydrogen-bond acceptors (Lipinski definition) is 4. The Morgan fingerprint density at radius 1 is 1.24 bits per heavy atom. The molecule has 1 aromatic heterocycles. The molecule has 3 N–H and O–H groups in total. The summed E-state index contributed by atoms with van der Waals surface area (Å²) in [5.74, 6) is 0. The minimum absolute atomic E-state index is 0.190. The molecule has 0 saturated carbocycles. The number of aryl methyl sites for hydroxylation is 1. The Morgan fingerprint density at radius 2 is 1.95 bits per heavy atom. The lowest BCUT2D eigenvalue weighted by molar-refractivity contribution is 0.581. The Morgan fingerprint density at radius 3 is 2.57 bits per heavy atom. The van der Waals surface area contributed by atoms with Gasteiger partial charge in [0.1, 0.15) is 0 Å². The van der Waals surface area contributed by atoms with Crippen molar-refractivity contribution in [3.8, 4) is 0 Å². The van der Waals surface area contributed by atoms with Crippen molar-refractivity contribution in [3.63, 3.8) is 0 Å². The maximum Gasteiger partial charge on any atom is 0.240 e. The highest BCUT2D eigenvalue weighted by Gasteiger charge is 2.15. The van der Waals surface area contributed by atoms with E-state index in [1.807, 2.05) is 25.1 Å². The molecule has 2 aromatic rings. The van der Waals surface area contributed by atoms with E-state index >= 15 is 0 Å². The van der Waals surface area contributed by atoms with Crippen molar-refractivity contribution < 1.29 is 8.42 Å². The maximum atomic E-state index is 12.3. The van der Waals surface area contributed by atoms with Crippen LogP contribution in [0.25, 0.3) is 0 Å². The molecule has 1 aromatic carbocycles. The minimum Gasteiger partial charge on any atom is -0.324 e. The third-order valence-electron chi connectivity index (χ3n) is 3.20. The highest BCUT2D eigenvalue weighted by Crippen LogP contribution is 2.19. The molecule has 114 valence electrons. The molecule has 2 rings (SSSR count). The summed E-state index contributed by atoms with van der Waals surface area (Å²) >= 11 is 1.63. The number of thiophene rings is 1. The second-order valence-electron chi connectivity index (χ2n) is 4.91. The van der Waals surface area contributed by atoms with Gasteiger partial charge >= 0.3 is 0 Å². The Balaban J connectivity index is 2.12. The van der Waals surface area contributed by atoms with E-state index < -0.39 is 10.0 Å². The maximum absolute atomic E-state index is 12.3. The second-order valence-corrected chi connectivity index (χ2v) is 7.93. The first-order chi connectivity index (χ1) is 9.92. The van der Waals surface area contributed by atoms with Crippen LogP contribution in [0.1, 0.15) is 35.2 Å². The summed E-state index contributed by atoms with van der Waals surface area (Å²) < 4.78 is 27.3. The summed E-state index contributed by atoms with van der Waals surface area (Å²) in [5.41, 5.74) is 6.60. The summed E-state index contributed by atoms with van der Waals surface area (Å²) in [7, 11) is -3.51. The van der Waals surface area contributed by atoms with Crippen LogP contribution in [0, 0.1) is 0 Å². The predicted octanol–water partition coefficient (Wildman–Crippen LogP) is 2.81. The molecule has 21 heavy (non-hydrogen) atoms. The molecule has 0 radical (unpaired) electrons. The molecule has 4 nitrogen and oxygen atoms in total. The fourth-order valence-corrected chi connectivity index (χ4v) is 3.97. The molecule has 6 heteroatoms. The fourth-order valence-electron chi connectivity index (χ4n) is 1.92. The number of hydrogen-bond donors (Lipinski definition) is 2. The number of sulfonamides is 1. The average Bonchev–Trinajstić information content (AvgIpc) is 2.93. The van der Waals surface area contributed by atoms with E-state index in [9.17, 15) is 8.42 Å². The molecule has 0 fully saturated rings. The van der Waals surface area contributed by atoms with Crippen LogP contribution >= 0.6 is 11.3 Å². The summed E-state index contributed by atoms with van der Waals surface area (Å²) in [5, 5.41) is 0. The highest BCUT2D eigenvalue weighted by atomic mass is 32.2. The average molecular weight is 324 g/mol. The van der Waals surface area contributed by atoms with Crippen LogP contribution in [0.2, 0.25) is 0 Å². The lowest BCUT2D eigenvalue weighted by Crippen LogP contribution is -2.23. The van der Waals surface area contributed by atoms with Crippen LogP contribution in [0.5, 0.6) is 0 Å². The van der Waals surface area contributed by atoms with Gasteiger partial charge in [-0.15, -0.1) is 11.3 Å². The summed E-state index contributed by atoms with van der Waals surface area (Å²) in [6.45, 7) is 4.23. The van der Waals surface area contributed by atoms with Gasteiger partial charge in [-0.25, -0.2) is 13.1 Å². The first kappa shape index (κ1) is 16.2. The van der Waals surface area contributed by atoms with Crippen LogP contribution in [0.3, 0.4) is 0 Å². The van der Waals surface area contributed by atoms with Gasteiger partial charge in [-0.05, 0) is 43.2 Å². The third-order valence-corrected chi connectivity index (χ3v) is 5.82. The third kappa shape index (κ3) is 4.14. The number of nitrogens with two attached hydrogens (primary N) is 1. The lowest BCUT2D eigenvalue weighted by atomic mass is 10.1. The van der Waals surface area contributed by atoms with Gasteiger partial charge in [0.25, 0.3) is 0 Å². The van der Waals surface area contributed by atoms with Crippen molar-refractivity contribution in [1.29, 1.82) is 0 Å². The zero-order valence-electron chi connectivity index (χ0n) is 12.2. The number of nitrogens with one attached hydrogen (secondary N) is 1. The van der Waals surface area contributed by atoms with E-state index in [1.165, 1.54) is 4.88 Å². The molecule has 0 aliphatic heterocycles. The van der Waals surface area contributed by atoms with Gasteiger partial charge in [0, 0.05) is 22.3 Å². The van der Waals surface area contributed by atoms with Crippen molar-refractivity contribution in [1.82, 2.24) is 4.72 Å². The van der Waals surface area contributed by atoms with Crippen LogP contribution in [-0.4, -0.2) is 8.42 Å². The Kier molecular flexibility index (Phi) is 5.16. The van der Waals surface area contributed by atoms with Crippen molar-refractivity contribution in [3.05, 3.63) is 51.7 Å². The van der Waals surface area contributed by atoms with Crippen molar-refractivity contribution >= 4 is 21.4 Å². The van der Waals surface area contributed by atoms with Crippen LogP contribution in [0.4, 0.5) is 0 Å². The standard InChI is InChI=1S/C15H20N2O2S2/c1-3-13-7-8-14(20-13)10-17-21(18,19)15-6-4-5-12(9-15)11(2)16/h4-9,11,17H,3,10,16H2,1-2H3. The molecule has 0 aliphatic carbocycles. The number of benzene rings is 1. The molecule has 0 spiro atoms. The summed E-state index contributed by atoms with van der Waals surface area (Å²) in [6, 6.07) is 10.6. The molecule has 1 heterocycles. The van der Waals surface area contributed by atoms with E-state index in [0.717, 1.165) is 16.9 Å². The smallest absolute Gasteiger partial charge is 0.240 e. The van der Waals surface area contributed by atoms with Crippen LogP contribution in [0.15, 0.2) is 41.3 Å². The lowest BCUT2D eigenvalue weighted by Gasteiger charge is -2.09. The van der Waals surface area contributed by atoms with E-state index in [4.69, 9.17) is 5.73 Å². The van der Waals surface area contributed by atoms with Gasteiger partial charge in [-0.1, -0.05) is 19.1 Å². The SMILES string of the molecule is CCc1ccc(CNS(=O)(=O)c2cccc(C(C)N)c2)s1. The van der Waals surface area contributed by atoms with E-state index in [-0.39, 0.29) is 10.9 Å². The molecular formula is C15H20N2O2S2. The van der Waals surface area contributed by atoms with Crippen molar-refractivity contribution in [2.75, 3.05) is 0 Å². The quantitative estimate of drug-likeness (QED) is 0.858. The largest absolute Gasteiger partial charge is 0.324 e. The molecule has 1 atom stereocenters. The van der Waals surface area contributed by atoms with Gasteiger partial charge in [-0.3, -0.25) is 0 Å². The van der Waals surface area contributed by atoms with Gasteiger partial charge in [0.05, 0.1) is 4.90 Å². The van der Waals surface area contributed by atoms with Crippen LogP contribution in [-0.2, 0) is 23.0 Å². The monoisotopic (exact) mass is 324 g/mol. The normalized spacial score (nSPS) is 13.3. The van der Waals surface area contributed by atoms with E-state index in [0.29, 0.717) is 6.54 Å². The zero-order chi connectivity index (χ0) is 15.5. The molecule has 0 bridgehead atoms. The summed E-state index contributed by atoms with van der Waals surface area (Å²) in [4.78, 5) is 2.52. The minimum atomic E-state index is -3.51. The molecule has 1 unspecified atom stereocenters. The van der Waals surface area contributed by atoms with Crippen LogP contribution < -0.4 is 10.5 Å². The number of rotatable bonds is 6. The molecule has 0 amide bonds. The predicted molar refractivity (Wildman–Crippen MR) is 86.8 cm³/mol. The summed E-state index contributed by atoms with van der Waals surface area (Å²) in [6.07, 6.45) is 0.966. The second kappa shape index (κ2) is 6.70. The molecular weight excluding hydrogens is 304 g/mol. The molecule has 0 saturated heterocycles. The molecule has 0 aliphatic rings. The van der Waals surface area contributed by atoms with Gasteiger partial charge in [0.2, 0.25) is 10.0 Å². The topological polar surface area (TPSA) is 72.2 Å². The van der Waals surface area contributed by atoms with Crippen molar-refractivity contribution in [2.45, 2.75) is 37.8 Å². The Labute approximate surface area is 130 Å². The highest BCUT2D eigenvalue weighted by molar-refractivity contribution is 7.89. The van der Waals surface area contributed by atoms with E-state index in [2.05, 4.69) is 11.6 Å². The van der Waals surface area contributed by atoms with Gasteiger partial charge < -0.3 is 5.73 Å². The first-order valence-electron chi connectivity index (χ1n) is 6.85. The zero-order valence-corrected chi connectivity index (χ0v) is 13.8. The van der Waals surface area contributed by atoms with Crippen molar-refractivity contribution in [2.24, 2.45) is 5.73 Å².